The molecule has 1 fully saturated rings. The summed E-state index contributed by atoms with van der Waals surface area (Å²) in [6.45, 7) is 3.56. The van der Waals surface area contributed by atoms with E-state index in [0.29, 0.717) is 6.54 Å². The number of likely N-dealkylation sites (N-methyl/N-ethyl adjacent to an activating group) is 2. The fourth-order valence-electron chi connectivity index (χ4n) is 2.34. The first kappa shape index (κ1) is 17.5. The highest BCUT2D eigenvalue weighted by Crippen LogP contribution is 2.15. The fourth-order valence-corrected chi connectivity index (χ4v) is 2.34. The van der Waals surface area contributed by atoms with Crippen LogP contribution in [0, 0.1) is 11.3 Å². The fraction of sp³-hybridized carbons (Fsp3) is 0.733. The zero-order chi connectivity index (χ0) is 15.8. The first-order valence-corrected chi connectivity index (χ1v) is 7.39. The predicted molar refractivity (Wildman–Crippen MR) is 83.5 cm³/mol. The Morgan fingerprint density at radius 1 is 1.38 bits per heavy atom. The van der Waals surface area contributed by atoms with E-state index in [9.17, 15) is 4.79 Å². The zero-order valence-electron chi connectivity index (χ0n) is 13.6. The maximum absolute atomic E-state index is 12.4. The molecule has 6 nitrogen and oxygen atoms in total. The Morgan fingerprint density at radius 3 is 2.52 bits per heavy atom. The Hall–Kier alpha value is -1.58. The molecule has 0 saturated carbocycles. The summed E-state index contributed by atoms with van der Waals surface area (Å²) in [5.74, 6) is -0.190. The van der Waals surface area contributed by atoms with Crippen molar-refractivity contribution in [2.45, 2.75) is 18.9 Å². The van der Waals surface area contributed by atoms with Crippen LogP contribution in [0.25, 0.3) is 0 Å². The Labute approximate surface area is 128 Å². The van der Waals surface area contributed by atoms with E-state index in [2.05, 4.69) is 17.3 Å². The molecule has 0 unspecified atom stereocenters. The first-order chi connectivity index (χ1) is 9.95. The number of nitrogens with one attached hydrogen (secondary N) is 1. The van der Waals surface area contributed by atoms with Crippen LogP contribution in [0.1, 0.15) is 12.8 Å². The van der Waals surface area contributed by atoms with Crippen LogP contribution in [0.3, 0.4) is 0 Å². The molecule has 0 bridgehead atoms. The van der Waals surface area contributed by atoms with Gasteiger partial charge in [-0.15, -0.1) is 0 Å². The van der Waals surface area contributed by atoms with Gasteiger partial charge in [-0.2, -0.15) is 5.26 Å². The minimum Gasteiger partial charge on any atom is -0.388 e. The van der Waals surface area contributed by atoms with Gasteiger partial charge in [-0.3, -0.25) is 4.79 Å². The average molecular weight is 293 g/mol. The molecule has 1 heterocycles. The molecule has 0 spiro atoms. The predicted octanol–water partition coefficient (Wildman–Crippen LogP) is 0.0977. The second-order valence-electron chi connectivity index (χ2n) is 5.88. The van der Waals surface area contributed by atoms with Gasteiger partial charge in [-0.05, 0) is 47.1 Å². The van der Waals surface area contributed by atoms with E-state index in [-0.39, 0.29) is 17.5 Å². The number of likely N-dealkylation sites (tertiary alicyclic amines) is 1. The molecular weight excluding hydrogens is 266 g/mol. The number of hydrogen-bond donors (Lipinski definition) is 1. The van der Waals surface area contributed by atoms with E-state index in [0.717, 1.165) is 32.5 Å². The van der Waals surface area contributed by atoms with Gasteiger partial charge in [0.15, 0.2) is 0 Å². The lowest BCUT2D eigenvalue weighted by atomic mass is 10.0. The van der Waals surface area contributed by atoms with Gasteiger partial charge in [-0.25, -0.2) is 0 Å². The largest absolute Gasteiger partial charge is 0.388 e. The zero-order valence-corrected chi connectivity index (χ0v) is 13.6. The summed E-state index contributed by atoms with van der Waals surface area (Å²) in [6, 6.07) is 2.23. The van der Waals surface area contributed by atoms with Crippen LogP contribution in [0.15, 0.2) is 11.8 Å². The quantitative estimate of drug-likeness (QED) is 0.427. The lowest BCUT2D eigenvalue weighted by molar-refractivity contribution is -0.128. The summed E-state index contributed by atoms with van der Waals surface area (Å²) in [5, 5.41) is 12.2. The molecular formula is C15H27N5O. The summed E-state index contributed by atoms with van der Waals surface area (Å²) in [7, 11) is 7.85. The van der Waals surface area contributed by atoms with Gasteiger partial charge < -0.3 is 20.0 Å². The number of rotatable bonds is 6. The molecule has 0 radical (unpaired) electrons. The van der Waals surface area contributed by atoms with Crippen molar-refractivity contribution in [3.8, 4) is 6.07 Å². The Balaban J connectivity index is 2.53. The van der Waals surface area contributed by atoms with Crippen molar-refractivity contribution in [3.63, 3.8) is 0 Å². The van der Waals surface area contributed by atoms with Crippen molar-refractivity contribution < 1.29 is 4.79 Å². The van der Waals surface area contributed by atoms with Gasteiger partial charge >= 0.3 is 0 Å². The van der Waals surface area contributed by atoms with E-state index in [1.807, 2.05) is 25.1 Å². The van der Waals surface area contributed by atoms with Crippen LogP contribution in [0.5, 0.6) is 0 Å². The van der Waals surface area contributed by atoms with Gasteiger partial charge in [0.1, 0.15) is 11.6 Å². The van der Waals surface area contributed by atoms with Crippen LogP contribution in [-0.4, -0.2) is 81.0 Å². The second kappa shape index (κ2) is 8.65. The maximum atomic E-state index is 12.4. The van der Waals surface area contributed by atoms with Gasteiger partial charge in [0, 0.05) is 32.4 Å². The Morgan fingerprint density at radius 2 is 2.00 bits per heavy atom. The number of hydrogen-bond acceptors (Lipinski definition) is 5. The van der Waals surface area contributed by atoms with E-state index >= 15 is 0 Å². The number of nitriles is 1. The molecule has 1 amide bonds. The summed E-state index contributed by atoms with van der Waals surface area (Å²) in [6.07, 6.45) is 3.47. The highest BCUT2D eigenvalue weighted by molar-refractivity contribution is 5.97. The molecule has 0 aromatic heterocycles. The number of amides is 1. The standard InChI is InChI=1S/C15H27N5O/c1-18(2)10-7-17-12-13(11-16)15(21)20(4)14-5-8-19(3)9-6-14/h12,14,17H,5-10H2,1-4H3/b13-12-. The van der Waals surface area contributed by atoms with Crippen molar-refractivity contribution in [1.29, 1.82) is 5.26 Å². The molecule has 1 aliphatic heterocycles. The minimum atomic E-state index is -0.190. The third-order valence-corrected chi connectivity index (χ3v) is 3.86. The van der Waals surface area contributed by atoms with Gasteiger partial charge in [0.2, 0.25) is 0 Å². The monoisotopic (exact) mass is 293 g/mol. The van der Waals surface area contributed by atoms with Gasteiger partial charge in [0.25, 0.3) is 5.91 Å². The SMILES string of the molecule is CN(C)CCN/C=C(/C#N)C(=O)N(C)C1CCN(C)CC1. The summed E-state index contributed by atoms with van der Waals surface area (Å²) >= 11 is 0. The van der Waals surface area contributed by atoms with Crippen LogP contribution >= 0.6 is 0 Å². The van der Waals surface area contributed by atoms with Crippen LogP contribution < -0.4 is 5.32 Å². The molecule has 1 rings (SSSR count). The number of nitrogens with zero attached hydrogens (tertiary/aromatic N) is 4. The molecule has 0 aromatic rings. The van der Waals surface area contributed by atoms with Gasteiger partial charge in [-0.1, -0.05) is 0 Å². The summed E-state index contributed by atoms with van der Waals surface area (Å²) in [4.78, 5) is 18.4. The number of piperidine rings is 1. The average Bonchev–Trinajstić information content (AvgIpc) is 2.46. The summed E-state index contributed by atoms with van der Waals surface area (Å²) in [5.41, 5.74) is 0.176. The smallest absolute Gasteiger partial charge is 0.265 e. The third kappa shape index (κ3) is 5.74. The number of carbonyl (C=O) groups excluding carboxylic acids is 1. The van der Waals surface area contributed by atoms with Crippen molar-refractivity contribution in [1.82, 2.24) is 20.0 Å². The third-order valence-electron chi connectivity index (χ3n) is 3.86. The van der Waals surface area contributed by atoms with Crippen LogP contribution in [-0.2, 0) is 4.79 Å². The molecule has 1 saturated heterocycles. The topological polar surface area (TPSA) is 62.6 Å². The molecule has 21 heavy (non-hydrogen) atoms. The highest BCUT2D eigenvalue weighted by atomic mass is 16.2. The maximum Gasteiger partial charge on any atom is 0.265 e. The number of carbonyl (C=O) groups is 1. The molecule has 1 aliphatic rings. The van der Waals surface area contributed by atoms with E-state index in [4.69, 9.17) is 5.26 Å². The van der Waals surface area contributed by atoms with E-state index < -0.39 is 0 Å². The summed E-state index contributed by atoms with van der Waals surface area (Å²) < 4.78 is 0. The van der Waals surface area contributed by atoms with Crippen molar-refractivity contribution >= 4 is 5.91 Å². The molecule has 0 aromatic carbocycles. The molecule has 0 atom stereocenters. The van der Waals surface area contributed by atoms with Crippen LogP contribution in [0.2, 0.25) is 0 Å². The van der Waals surface area contributed by atoms with Crippen molar-refractivity contribution in [2.24, 2.45) is 0 Å². The lowest BCUT2D eigenvalue weighted by Gasteiger charge is -2.35. The first-order valence-electron chi connectivity index (χ1n) is 7.39. The molecule has 1 N–H and O–H groups in total. The minimum absolute atomic E-state index is 0.176. The van der Waals surface area contributed by atoms with Crippen molar-refractivity contribution in [2.75, 3.05) is 54.4 Å². The van der Waals surface area contributed by atoms with Crippen LogP contribution in [0.4, 0.5) is 0 Å². The van der Waals surface area contributed by atoms with Crippen molar-refractivity contribution in [3.05, 3.63) is 11.8 Å². The highest BCUT2D eigenvalue weighted by Gasteiger charge is 2.25. The second-order valence-corrected chi connectivity index (χ2v) is 5.88. The van der Waals surface area contributed by atoms with E-state index in [1.54, 1.807) is 11.9 Å². The lowest BCUT2D eigenvalue weighted by Crippen LogP contribution is -2.45. The molecule has 6 heteroatoms. The molecule has 0 aliphatic carbocycles. The Kier molecular flexibility index (Phi) is 7.20. The van der Waals surface area contributed by atoms with Gasteiger partial charge in [0.05, 0.1) is 0 Å². The normalized spacial score (nSPS) is 17.6. The van der Waals surface area contributed by atoms with E-state index in [1.165, 1.54) is 6.20 Å². The Bertz CT molecular complexity index is 405. The molecule has 118 valence electrons.